The molecule has 0 aliphatic carbocycles. The lowest BCUT2D eigenvalue weighted by Gasteiger charge is -2.40. The third kappa shape index (κ3) is 3.04. The number of nitrogens with zero attached hydrogens (tertiary/aromatic N) is 6. The monoisotopic (exact) mass is 379 g/mol. The zero-order valence-electron chi connectivity index (χ0n) is 15.7. The number of nitrogen functional groups attached to an aromatic ring is 1. The van der Waals surface area contributed by atoms with Crippen molar-refractivity contribution in [1.82, 2.24) is 24.6 Å². The summed E-state index contributed by atoms with van der Waals surface area (Å²) in [6.45, 7) is 3.37. The van der Waals surface area contributed by atoms with Crippen LogP contribution in [0.5, 0.6) is 0 Å². The van der Waals surface area contributed by atoms with Crippen molar-refractivity contribution in [1.29, 1.82) is 0 Å². The fourth-order valence-electron chi connectivity index (χ4n) is 3.56. The van der Waals surface area contributed by atoms with E-state index in [4.69, 9.17) is 5.73 Å². The fraction of sp³-hybridized carbons (Fsp3) is 0.316. The predicted octanol–water partition coefficient (Wildman–Crippen LogP) is 0.865. The van der Waals surface area contributed by atoms with Crippen molar-refractivity contribution in [3.63, 3.8) is 0 Å². The first kappa shape index (κ1) is 17.9. The van der Waals surface area contributed by atoms with Crippen molar-refractivity contribution >= 4 is 34.5 Å². The largest absolute Gasteiger partial charge is 0.368 e. The minimum Gasteiger partial charge on any atom is -0.368 e. The lowest BCUT2D eigenvalue weighted by Crippen LogP contribution is -2.55. The lowest BCUT2D eigenvalue weighted by molar-refractivity contribution is -0.127. The van der Waals surface area contributed by atoms with Gasteiger partial charge in [-0.25, -0.2) is 0 Å². The maximum atomic E-state index is 12.7. The van der Waals surface area contributed by atoms with Crippen LogP contribution in [-0.2, 0) is 11.8 Å². The normalized spacial score (nSPS) is 17.1. The molecule has 2 aromatic heterocycles. The third-order valence-corrected chi connectivity index (χ3v) is 5.01. The molecule has 3 heterocycles. The zero-order valence-corrected chi connectivity index (χ0v) is 15.7. The van der Waals surface area contributed by atoms with E-state index in [1.54, 1.807) is 47.1 Å². The molecule has 1 aliphatic heterocycles. The number of Topliss-reactive ketones (excluding diaryl/α,β-unsaturated/α-hetero) is 1. The number of carbonyl (C=O) groups excluding carboxylic acids is 2. The summed E-state index contributed by atoms with van der Waals surface area (Å²) in [7, 11) is 1.80. The van der Waals surface area contributed by atoms with Gasteiger partial charge in [-0.05, 0) is 6.92 Å². The molecule has 1 aliphatic rings. The van der Waals surface area contributed by atoms with Crippen molar-refractivity contribution in [3.05, 3.63) is 42.1 Å². The second-order valence-electron chi connectivity index (χ2n) is 6.90. The number of aromatic nitrogens is 4. The smallest absolute Gasteiger partial charge is 0.295 e. The number of fused-ring (bicyclic) bond motifs is 1. The number of nitrogens with two attached hydrogens (primary N) is 1. The maximum Gasteiger partial charge on any atom is 0.295 e. The van der Waals surface area contributed by atoms with Gasteiger partial charge in [0.15, 0.2) is 5.65 Å². The number of hydrogen-bond acceptors (Lipinski definition) is 7. The molecule has 144 valence electrons. The standard InChI is InChI=1S/C19H21N7O2/c1-12-11-25(18(28)15(27)13-6-4-3-5-7-13)8-9-26(12)17-14-10-21-24(2)16(14)22-19(20)23-17/h3-7,10,12H,8-9,11H2,1-2H3,(H2,20,22,23)/t12-/m0/s1. The number of rotatable bonds is 3. The molecule has 9 heteroatoms. The number of carbonyl (C=O) groups is 2. The van der Waals surface area contributed by atoms with Gasteiger partial charge in [0.25, 0.3) is 5.91 Å². The predicted molar refractivity (Wildman–Crippen MR) is 105 cm³/mol. The highest BCUT2D eigenvalue weighted by Crippen LogP contribution is 2.27. The molecule has 28 heavy (non-hydrogen) atoms. The molecule has 0 bridgehead atoms. The Kier molecular flexibility index (Phi) is 4.42. The molecule has 9 nitrogen and oxygen atoms in total. The molecule has 3 aromatic rings. The van der Waals surface area contributed by atoms with E-state index in [2.05, 4.69) is 20.0 Å². The molecule has 1 atom stereocenters. The van der Waals surface area contributed by atoms with Gasteiger partial charge in [0.1, 0.15) is 5.82 Å². The molecule has 1 amide bonds. The Morgan fingerprint density at radius 3 is 2.61 bits per heavy atom. The molecule has 0 radical (unpaired) electrons. The summed E-state index contributed by atoms with van der Waals surface area (Å²) < 4.78 is 1.65. The van der Waals surface area contributed by atoms with E-state index in [0.717, 1.165) is 5.39 Å². The highest BCUT2D eigenvalue weighted by molar-refractivity contribution is 6.42. The number of piperazine rings is 1. The molecule has 0 unspecified atom stereocenters. The van der Waals surface area contributed by atoms with Crippen LogP contribution < -0.4 is 10.6 Å². The first-order valence-electron chi connectivity index (χ1n) is 9.06. The quantitative estimate of drug-likeness (QED) is 0.531. The fourth-order valence-corrected chi connectivity index (χ4v) is 3.56. The minimum atomic E-state index is -0.484. The number of ketones is 1. The number of aryl methyl sites for hydroxylation is 1. The van der Waals surface area contributed by atoms with Crippen LogP contribution in [0.1, 0.15) is 17.3 Å². The van der Waals surface area contributed by atoms with Gasteiger partial charge >= 0.3 is 0 Å². The van der Waals surface area contributed by atoms with Gasteiger partial charge in [0.2, 0.25) is 11.7 Å². The lowest BCUT2D eigenvalue weighted by atomic mass is 10.1. The summed E-state index contributed by atoms with van der Waals surface area (Å²) in [5.74, 6) is -0.0887. The van der Waals surface area contributed by atoms with Gasteiger partial charge in [-0.1, -0.05) is 30.3 Å². The molecule has 0 saturated carbocycles. The van der Waals surface area contributed by atoms with Gasteiger partial charge in [-0.2, -0.15) is 15.1 Å². The molecular formula is C19H21N7O2. The molecule has 4 rings (SSSR count). The minimum absolute atomic E-state index is 0.0426. The Morgan fingerprint density at radius 1 is 1.14 bits per heavy atom. The van der Waals surface area contributed by atoms with Gasteiger partial charge < -0.3 is 15.5 Å². The summed E-state index contributed by atoms with van der Waals surface area (Å²) in [5.41, 5.74) is 6.95. The first-order chi connectivity index (χ1) is 13.5. The Hall–Kier alpha value is -3.49. The summed E-state index contributed by atoms with van der Waals surface area (Å²) in [6, 6.07) is 8.58. The van der Waals surface area contributed by atoms with Crippen molar-refractivity contribution in [2.24, 2.45) is 7.05 Å². The molecule has 0 spiro atoms. The van der Waals surface area contributed by atoms with Crippen molar-refractivity contribution in [2.45, 2.75) is 13.0 Å². The number of anilines is 2. The Morgan fingerprint density at radius 2 is 1.89 bits per heavy atom. The second kappa shape index (κ2) is 6.91. The van der Waals surface area contributed by atoms with Gasteiger partial charge in [0.05, 0.1) is 11.6 Å². The Bertz CT molecular complexity index is 1050. The number of amides is 1. The van der Waals surface area contributed by atoms with Crippen LogP contribution in [0.3, 0.4) is 0 Å². The highest BCUT2D eigenvalue weighted by atomic mass is 16.2. The third-order valence-electron chi connectivity index (χ3n) is 5.01. The zero-order chi connectivity index (χ0) is 19.8. The summed E-state index contributed by atoms with van der Waals surface area (Å²) >= 11 is 0. The highest BCUT2D eigenvalue weighted by Gasteiger charge is 2.32. The van der Waals surface area contributed by atoms with Gasteiger partial charge in [0, 0.05) is 38.3 Å². The van der Waals surface area contributed by atoms with E-state index < -0.39 is 11.7 Å². The van der Waals surface area contributed by atoms with Crippen LogP contribution in [0, 0.1) is 0 Å². The van der Waals surface area contributed by atoms with E-state index in [1.165, 1.54) is 0 Å². The van der Waals surface area contributed by atoms with Crippen LogP contribution in [0.2, 0.25) is 0 Å². The van der Waals surface area contributed by atoms with Gasteiger partial charge in [-0.15, -0.1) is 0 Å². The topological polar surface area (TPSA) is 110 Å². The molecular weight excluding hydrogens is 358 g/mol. The second-order valence-corrected chi connectivity index (χ2v) is 6.90. The van der Waals surface area contributed by atoms with Crippen LogP contribution in [-0.4, -0.2) is 62.0 Å². The summed E-state index contributed by atoms with van der Waals surface area (Å²) in [5, 5.41) is 5.05. The van der Waals surface area contributed by atoms with Crippen molar-refractivity contribution in [2.75, 3.05) is 30.3 Å². The van der Waals surface area contributed by atoms with Crippen molar-refractivity contribution in [3.8, 4) is 0 Å². The Balaban J connectivity index is 1.55. The van der Waals surface area contributed by atoms with Crippen LogP contribution >= 0.6 is 0 Å². The summed E-state index contributed by atoms with van der Waals surface area (Å²) in [4.78, 5) is 37.5. The van der Waals surface area contributed by atoms with Gasteiger partial charge in [-0.3, -0.25) is 14.3 Å². The number of benzene rings is 1. The number of hydrogen-bond donors (Lipinski definition) is 1. The molecule has 1 fully saturated rings. The Labute approximate surface area is 161 Å². The first-order valence-corrected chi connectivity index (χ1v) is 9.06. The molecule has 1 aromatic carbocycles. The van der Waals surface area contributed by atoms with E-state index in [-0.39, 0.29) is 12.0 Å². The van der Waals surface area contributed by atoms with E-state index in [0.29, 0.717) is 36.7 Å². The average molecular weight is 379 g/mol. The maximum absolute atomic E-state index is 12.7. The molecule has 2 N–H and O–H groups in total. The van der Waals surface area contributed by atoms with Crippen LogP contribution in [0.4, 0.5) is 11.8 Å². The van der Waals surface area contributed by atoms with E-state index >= 15 is 0 Å². The van der Waals surface area contributed by atoms with E-state index in [1.807, 2.05) is 13.0 Å². The van der Waals surface area contributed by atoms with E-state index in [9.17, 15) is 9.59 Å². The van der Waals surface area contributed by atoms with Crippen LogP contribution in [0.25, 0.3) is 11.0 Å². The summed E-state index contributed by atoms with van der Waals surface area (Å²) in [6.07, 6.45) is 1.72. The average Bonchev–Trinajstić information content (AvgIpc) is 3.07. The SMILES string of the molecule is C[C@H]1CN(C(=O)C(=O)c2ccccc2)CCN1c1nc(N)nc2c1cnn2C. The molecule has 1 saturated heterocycles. The van der Waals surface area contributed by atoms with Crippen molar-refractivity contribution < 1.29 is 9.59 Å². The van der Waals surface area contributed by atoms with Crippen LogP contribution in [0.15, 0.2) is 36.5 Å².